The van der Waals surface area contributed by atoms with Gasteiger partial charge in [-0.25, -0.2) is 0 Å². The maximum Gasteiger partial charge on any atom is 0.0654 e. The molecule has 16 heavy (non-hydrogen) atoms. The number of hydrogen-bond acceptors (Lipinski definition) is 1. The molecule has 0 bridgehead atoms. The summed E-state index contributed by atoms with van der Waals surface area (Å²) in [7, 11) is 0. The fourth-order valence-corrected chi connectivity index (χ4v) is 3.34. The fourth-order valence-electron chi connectivity index (χ4n) is 1.81. The van der Waals surface area contributed by atoms with Crippen LogP contribution in [0.25, 0.3) is 6.08 Å². The van der Waals surface area contributed by atoms with Crippen LogP contribution < -0.4 is 0 Å². The molecule has 1 atom stereocenters. The molecular weight excluding hydrogens is 288 g/mol. The summed E-state index contributed by atoms with van der Waals surface area (Å²) in [4.78, 5) is 4.33. The molecule has 1 nitrogen and oxygen atoms in total. The van der Waals surface area contributed by atoms with Gasteiger partial charge in [-0.3, -0.25) is 4.98 Å². The Morgan fingerprint density at radius 2 is 2.00 bits per heavy atom. The highest BCUT2D eigenvalue weighted by atomic mass is 35.5. The largest absolute Gasteiger partial charge is 0.258 e. The molecule has 0 saturated carbocycles. The molecule has 86 valence electrons. The van der Waals surface area contributed by atoms with Crippen LogP contribution in [0.5, 0.6) is 0 Å². The SMILES string of the molecule is ClCC1(CCl)c2ncc(Cl)cc2C=CC1Cl. The van der Waals surface area contributed by atoms with E-state index in [-0.39, 0.29) is 5.38 Å². The maximum atomic E-state index is 6.28. The summed E-state index contributed by atoms with van der Waals surface area (Å²) >= 11 is 24.2. The Morgan fingerprint density at radius 3 is 2.62 bits per heavy atom. The highest BCUT2D eigenvalue weighted by Gasteiger charge is 2.41. The number of allylic oxidation sites excluding steroid dienone is 1. The first kappa shape index (κ1) is 12.5. The third-order valence-corrected chi connectivity index (χ3v) is 4.53. The zero-order chi connectivity index (χ0) is 11.8. The first-order valence-electron chi connectivity index (χ1n) is 4.74. The van der Waals surface area contributed by atoms with Crippen LogP contribution in [0.3, 0.4) is 0 Å². The van der Waals surface area contributed by atoms with Crippen molar-refractivity contribution < 1.29 is 0 Å². The van der Waals surface area contributed by atoms with Crippen molar-refractivity contribution in [2.24, 2.45) is 0 Å². The van der Waals surface area contributed by atoms with Gasteiger partial charge < -0.3 is 0 Å². The zero-order valence-electron chi connectivity index (χ0n) is 8.26. The van der Waals surface area contributed by atoms with E-state index in [2.05, 4.69) is 4.98 Å². The van der Waals surface area contributed by atoms with Gasteiger partial charge in [0.25, 0.3) is 0 Å². The number of aromatic nitrogens is 1. The Morgan fingerprint density at radius 1 is 1.31 bits per heavy atom. The van der Waals surface area contributed by atoms with Crippen LogP contribution in [0.1, 0.15) is 11.3 Å². The van der Waals surface area contributed by atoms with E-state index in [9.17, 15) is 0 Å². The minimum absolute atomic E-state index is 0.247. The van der Waals surface area contributed by atoms with Gasteiger partial charge in [-0.1, -0.05) is 23.8 Å². The Balaban J connectivity index is 2.61. The van der Waals surface area contributed by atoms with E-state index in [1.165, 1.54) is 0 Å². The number of fused-ring (bicyclic) bond motifs is 1. The topological polar surface area (TPSA) is 12.9 Å². The van der Waals surface area contributed by atoms with Crippen molar-refractivity contribution in [1.29, 1.82) is 0 Å². The van der Waals surface area contributed by atoms with E-state index in [4.69, 9.17) is 46.4 Å². The zero-order valence-corrected chi connectivity index (χ0v) is 11.3. The molecular formula is C11H9Cl4N. The molecule has 0 saturated heterocycles. The van der Waals surface area contributed by atoms with Crippen molar-refractivity contribution in [2.45, 2.75) is 10.8 Å². The van der Waals surface area contributed by atoms with Crippen LogP contribution >= 0.6 is 46.4 Å². The third-order valence-electron chi connectivity index (χ3n) is 2.80. The number of hydrogen-bond donors (Lipinski definition) is 0. The van der Waals surface area contributed by atoms with Gasteiger partial charge in [-0.15, -0.1) is 34.8 Å². The first-order chi connectivity index (χ1) is 7.64. The highest BCUT2D eigenvalue weighted by Crippen LogP contribution is 2.40. The normalized spacial score (nSPS) is 21.9. The van der Waals surface area contributed by atoms with Crippen molar-refractivity contribution in [1.82, 2.24) is 4.98 Å². The number of rotatable bonds is 2. The number of alkyl halides is 3. The van der Waals surface area contributed by atoms with Crippen LogP contribution in [0, 0.1) is 0 Å². The van der Waals surface area contributed by atoms with Crippen LogP contribution in [0.15, 0.2) is 18.3 Å². The first-order valence-corrected chi connectivity index (χ1v) is 6.62. The summed E-state index contributed by atoms with van der Waals surface area (Å²) in [6.07, 6.45) is 5.38. The van der Waals surface area contributed by atoms with Crippen LogP contribution in [0.4, 0.5) is 0 Å². The Hall–Kier alpha value is 0.0500. The van der Waals surface area contributed by atoms with E-state index in [1.807, 2.05) is 18.2 Å². The van der Waals surface area contributed by atoms with Crippen molar-refractivity contribution in [3.8, 4) is 0 Å². The molecule has 1 aromatic heterocycles. The molecule has 0 amide bonds. The summed E-state index contributed by atoms with van der Waals surface area (Å²) in [6.45, 7) is 0. The van der Waals surface area contributed by atoms with Gasteiger partial charge in [-0.05, 0) is 11.6 Å². The van der Waals surface area contributed by atoms with E-state index in [0.29, 0.717) is 16.8 Å². The number of pyridine rings is 1. The van der Waals surface area contributed by atoms with E-state index >= 15 is 0 Å². The summed E-state index contributed by atoms with van der Waals surface area (Å²) in [6, 6.07) is 1.84. The van der Waals surface area contributed by atoms with Gasteiger partial charge in [0.15, 0.2) is 0 Å². The Labute approximate surface area is 114 Å². The standard InChI is InChI=1S/C11H9Cl4N/c12-5-11(6-13)9(15)2-1-7-3-8(14)4-16-10(7)11/h1-4,9H,5-6H2. The molecule has 2 rings (SSSR count). The molecule has 0 fully saturated rings. The quantitative estimate of drug-likeness (QED) is 0.749. The van der Waals surface area contributed by atoms with Crippen LogP contribution in [-0.4, -0.2) is 22.1 Å². The lowest BCUT2D eigenvalue weighted by Gasteiger charge is -2.35. The monoisotopic (exact) mass is 295 g/mol. The molecule has 0 aliphatic heterocycles. The highest BCUT2D eigenvalue weighted by molar-refractivity contribution is 6.31. The molecule has 1 aliphatic carbocycles. The molecule has 1 unspecified atom stereocenters. The molecule has 0 spiro atoms. The third kappa shape index (κ3) is 1.84. The van der Waals surface area contributed by atoms with Crippen LogP contribution in [-0.2, 0) is 5.41 Å². The smallest absolute Gasteiger partial charge is 0.0654 e. The van der Waals surface area contributed by atoms with E-state index in [1.54, 1.807) is 6.20 Å². The van der Waals surface area contributed by atoms with Gasteiger partial charge in [-0.2, -0.15) is 0 Å². The van der Waals surface area contributed by atoms with Crippen LogP contribution in [0.2, 0.25) is 5.02 Å². The molecule has 0 radical (unpaired) electrons. The van der Waals surface area contributed by atoms with Crippen molar-refractivity contribution in [2.75, 3.05) is 11.8 Å². The van der Waals surface area contributed by atoms with Crippen molar-refractivity contribution in [3.63, 3.8) is 0 Å². The lowest BCUT2D eigenvalue weighted by Crippen LogP contribution is -2.42. The van der Waals surface area contributed by atoms with Gasteiger partial charge in [0.1, 0.15) is 0 Å². The summed E-state index contributed by atoms with van der Waals surface area (Å²) < 4.78 is 0. The average Bonchev–Trinajstić information content (AvgIpc) is 2.30. The average molecular weight is 297 g/mol. The van der Waals surface area contributed by atoms with Crippen molar-refractivity contribution >= 4 is 52.5 Å². The number of nitrogens with zero attached hydrogens (tertiary/aromatic N) is 1. The maximum absolute atomic E-state index is 6.28. The Kier molecular flexibility index (Phi) is 3.70. The van der Waals surface area contributed by atoms with Gasteiger partial charge >= 0.3 is 0 Å². The molecule has 5 heteroatoms. The predicted octanol–water partition coefficient (Wildman–Crippen LogP) is 4.08. The second-order valence-corrected chi connectivity index (χ2v) is 5.22. The van der Waals surface area contributed by atoms with Crippen molar-refractivity contribution in [3.05, 3.63) is 34.6 Å². The minimum atomic E-state index is -0.515. The summed E-state index contributed by atoms with van der Waals surface area (Å²) in [5.74, 6) is 0.660. The molecule has 1 aliphatic rings. The summed E-state index contributed by atoms with van der Waals surface area (Å²) in [5, 5.41) is 0.346. The molecule has 0 N–H and O–H groups in total. The molecule has 1 heterocycles. The second kappa shape index (κ2) is 4.73. The summed E-state index contributed by atoms with van der Waals surface area (Å²) in [5.41, 5.74) is 1.24. The van der Waals surface area contributed by atoms with Gasteiger partial charge in [0, 0.05) is 18.0 Å². The number of halogens is 4. The Bertz CT molecular complexity index is 426. The van der Waals surface area contributed by atoms with E-state index < -0.39 is 5.41 Å². The van der Waals surface area contributed by atoms with E-state index in [0.717, 1.165) is 11.3 Å². The van der Waals surface area contributed by atoms with Gasteiger partial charge in [0.05, 0.1) is 21.5 Å². The predicted molar refractivity (Wildman–Crippen MR) is 71.0 cm³/mol. The molecule has 1 aromatic rings. The second-order valence-electron chi connectivity index (χ2n) is 3.78. The van der Waals surface area contributed by atoms with Gasteiger partial charge in [0.2, 0.25) is 0 Å². The molecule has 0 aromatic carbocycles. The lowest BCUT2D eigenvalue weighted by atomic mass is 9.78. The fraction of sp³-hybridized carbons (Fsp3) is 0.364. The minimum Gasteiger partial charge on any atom is -0.258 e. The lowest BCUT2D eigenvalue weighted by molar-refractivity contribution is 0.531.